The number of hydrazone groups is 1. The number of benzene rings is 3. The minimum Gasteiger partial charge on any atom is -0.337 e. The quantitative estimate of drug-likeness (QED) is 0.333. The van der Waals surface area contributed by atoms with Crippen molar-refractivity contribution in [2.75, 3.05) is 5.32 Å². The van der Waals surface area contributed by atoms with Crippen LogP contribution < -0.4 is 10.1 Å². The zero-order valence-electron chi connectivity index (χ0n) is 17.4. The predicted molar refractivity (Wildman–Crippen MR) is 126 cm³/mol. The molecular weight excluding hydrogens is 424 g/mol. The second-order valence-corrected chi connectivity index (χ2v) is 8.97. The zero-order chi connectivity index (χ0) is 22.6. The zero-order valence-corrected chi connectivity index (χ0v) is 18.2. The van der Waals surface area contributed by atoms with Crippen LogP contribution in [0.5, 0.6) is 0 Å². The van der Waals surface area contributed by atoms with Gasteiger partial charge in [0.2, 0.25) is 5.91 Å². The summed E-state index contributed by atoms with van der Waals surface area (Å²) in [5.74, 6) is -0.166. The molecule has 0 fully saturated rings. The molecule has 4 aromatic rings. The lowest BCUT2D eigenvalue weighted by Gasteiger charge is -2.07. The first-order valence-corrected chi connectivity index (χ1v) is 11.4. The van der Waals surface area contributed by atoms with Gasteiger partial charge >= 0.3 is 0 Å². The first-order valence-electron chi connectivity index (χ1n) is 9.97. The number of aryl methyl sites for hydroxylation is 1. The Morgan fingerprint density at radius 1 is 0.969 bits per heavy atom. The predicted octanol–water partition coefficient (Wildman–Crippen LogP) is 3.90. The van der Waals surface area contributed by atoms with E-state index in [1.807, 2.05) is 66.1 Å². The summed E-state index contributed by atoms with van der Waals surface area (Å²) in [6.45, 7) is 2.00. The van der Waals surface area contributed by atoms with Crippen molar-refractivity contribution < 1.29 is 13.2 Å². The van der Waals surface area contributed by atoms with Crippen LogP contribution in [0.15, 0.2) is 95.1 Å². The maximum atomic E-state index is 12.5. The highest BCUT2D eigenvalue weighted by Gasteiger charge is 2.13. The summed E-state index contributed by atoms with van der Waals surface area (Å²) in [7, 11) is -3.77. The fraction of sp³-hybridized carbons (Fsp3) is 0.0833. The van der Waals surface area contributed by atoms with Crippen LogP contribution in [0.25, 0.3) is 10.9 Å². The van der Waals surface area contributed by atoms with Gasteiger partial charge in [0.15, 0.2) is 0 Å². The highest BCUT2D eigenvalue weighted by molar-refractivity contribution is 7.89. The average Bonchev–Trinajstić information content (AvgIpc) is 3.12. The Morgan fingerprint density at radius 2 is 1.66 bits per heavy atom. The van der Waals surface area contributed by atoms with Crippen molar-refractivity contribution in [3.8, 4) is 0 Å². The van der Waals surface area contributed by atoms with Crippen molar-refractivity contribution in [3.63, 3.8) is 0 Å². The van der Waals surface area contributed by atoms with Crippen LogP contribution >= 0.6 is 0 Å². The van der Waals surface area contributed by atoms with E-state index >= 15 is 0 Å². The first-order chi connectivity index (χ1) is 15.4. The number of nitrogens with one attached hydrogen (secondary N) is 2. The fourth-order valence-electron chi connectivity index (χ4n) is 3.32. The van der Waals surface area contributed by atoms with Crippen molar-refractivity contribution in [3.05, 3.63) is 96.2 Å². The number of hydrogen-bond acceptors (Lipinski definition) is 4. The molecule has 0 saturated heterocycles. The van der Waals surface area contributed by atoms with Gasteiger partial charge in [-0.05, 0) is 37.3 Å². The van der Waals surface area contributed by atoms with E-state index in [2.05, 4.69) is 15.2 Å². The topological polar surface area (TPSA) is 92.6 Å². The molecule has 0 saturated carbocycles. The molecule has 1 aromatic heterocycles. The van der Waals surface area contributed by atoms with E-state index in [0.717, 1.165) is 22.2 Å². The van der Waals surface area contributed by atoms with E-state index in [0.29, 0.717) is 5.56 Å². The minimum atomic E-state index is -3.77. The van der Waals surface area contributed by atoms with Crippen LogP contribution in [0.3, 0.4) is 0 Å². The summed E-state index contributed by atoms with van der Waals surface area (Å²) >= 11 is 0. The van der Waals surface area contributed by atoms with Gasteiger partial charge in [-0.2, -0.15) is 13.5 Å². The molecule has 0 spiro atoms. The van der Waals surface area contributed by atoms with Crippen molar-refractivity contribution in [1.82, 2.24) is 9.40 Å². The van der Waals surface area contributed by atoms with Crippen LogP contribution in [-0.4, -0.2) is 25.1 Å². The van der Waals surface area contributed by atoms with Crippen LogP contribution in [0.4, 0.5) is 5.69 Å². The third-order valence-electron chi connectivity index (χ3n) is 4.90. The van der Waals surface area contributed by atoms with E-state index < -0.39 is 10.0 Å². The number of amides is 1. The Morgan fingerprint density at radius 3 is 2.41 bits per heavy atom. The lowest BCUT2D eigenvalue weighted by atomic mass is 10.2. The monoisotopic (exact) mass is 446 g/mol. The standard InChI is InChI=1S/C24H22N4O3S/c1-18-11-13-21(14-12-18)32(30,31)27-25-15-19-16-28(23-10-6-5-9-22(19)23)17-24(29)26-20-7-3-2-4-8-20/h2-16,27H,17H2,1H3,(H,26,29)/b25-15-. The number of aromatic nitrogens is 1. The van der Waals surface area contributed by atoms with Gasteiger partial charge in [0.25, 0.3) is 10.0 Å². The van der Waals surface area contributed by atoms with E-state index in [1.54, 1.807) is 18.3 Å². The van der Waals surface area contributed by atoms with Gasteiger partial charge in [0.1, 0.15) is 6.54 Å². The lowest BCUT2D eigenvalue weighted by molar-refractivity contribution is -0.116. The summed E-state index contributed by atoms with van der Waals surface area (Å²) < 4.78 is 26.7. The van der Waals surface area contributed by atoms with Crippen LogP contribution in [0.1, 0.15) is 11.1 Å². The second kappa shape index (κ2) is 9.07. The Labute approximate surface area is 186 Å². The molecule has 0 aliphatic rings. The van der Waals surface area contributed by atoms with E-state index in [9.17, 15) is 13.2 Å². The molecule has 0 aliphatic heterocycles. The molecule has 162 valence electrons. The molecule has 1 amide bonds. The molecule has 0 unspecified atom stereocenters. The van der Waals surface area contributed by atoms with Gasteiger partial charge < -0.3 is 9.88 Å². The minimum absolute atomic E-state index is 0.109. The molecule has 1 heterocycles. The Bertz CT molecular complexity index is 1380. The summed E-state index contributed by atoms with van der Waals surface area (Å²) in [6, 6.07) is 23.3. The molecule has 0 atom stereocenters. The number of carbonyl (C=O) groups excluding carboxylic acids is 1. The number of nitrogens with zero attached hydrogens (tertiary/aromatic N) is 2. The molecule has 0 bridgehead atoms. The largest absolute Gasteiger partial charge is 0.337 e. The summed E-state index contributed by atoms with van der Waals surface area (Å²) in [4.78, 5) is 14.9. The Balaban J connectivity index is 1.53. The summed E-state index contributed by atoms with van der Waals surface area (Å²) in [5, 5.41) is 7.67. The smallest absolute Gasteiger partial charge is 0.276 e. The summed E-state index contributed by atoms with van der Waals surface area (Å²) in [5.41, 5.74) is 3.23. The normalized spacial score (nSPS) is 11.7. The van der Waals surface area contributed by atoms with Gasteiger partial charge in [0.05, 0.1) is 11.1 Å². The molecule has 0 aliphatic carbocycles. The molecule has 2 N–H and O–H groups in total. The highest BCUT2D eigenvalue weighted by atomic mass is 32.2. The SMILES string of the molecule is Cc1ccc(S(=O)(=O)N/N=C\c2cn(CC(=O)Nc3ccccc3)c3ccccc23)cc1. The lowest BCUT2D eigenvalue weighted by Crippen LogP contribution is -2.18. The van der Waals surface area contributed by atoms with Crippen LogP contribution in [0.2, 0.25) is 0 Å². The number of fused-ring (bicyclic) bond motifs is 1. The number of anilines is 1. The molecule has 8 heteroatoms. The van der Waals surface area contributed by atoms with Gasteiger partial charge in [-0.15, -0.1) is 0 Å². The molecule has 32 heavy (non-hydrogen) atoms. The molecule has 4 rings (SSSR count). The Hall–Kier alpha value is -3.91. The van der Waals surface area contributed by atoms with Crippen LogP contribution in [-0.2, 0) is 21.4 Å². The van der Waals surface area contributed by atoms with E-state index in [4.69, 9.17) is 0 Å². The van der Waals surface area contributed by atoms with E-state index in [-0.39, 0.29) is 17.3 Å². The van der Waals surface area contributed by atoms with Gasteiger partial charge in [-0.25, -0.2) is 4.83 Å². The first kappa shape index (κ1) is 21.3. The molecular formula is C24H22N4O3S. The van der Waals surface area contributed by atoms with Crippen LogP contribution in [0, 0.1) is 6.92 Å². The maximum absolute atomic E-state index is 12.5. The van der Waals surface area contributed by atoms with Gasteiger partial charge in [0, 0.05) is 28.4 Å². The number of sulfonamides is 1. The number of hydrogen-bond donors (Lipinski definition) is 2. The Kier molecular flexibility index (Phi) is 6.04. The van der Waals surface area contributed by atoms with Gasteiger partial charge in [-0.3, -0.25) is 4.79 Å². The van der Waals surface area contributed by atoms with E-state index in [1.165, 1.54) is 18.3 Å². The second-order valence-electron chi connectivity index (χ2n) is 7.31. The molecule has 7 nitrogen and oxygen atoms in total. The average molecular weight is 447 g/mol. The van der Waals surface area contributed by atoms with Crippen molar-refractivity contribution in [1.29, 1.82) is 0 Å². The van der Waals surface area contributed by atoms with Crippen molar-refractivity contribution in [2.24, 2.45) is 5.10 Å². The number of carbonyl (C=O) groups is 1. The third-order valence-corrected chi connectivity index (χ3v) is 6.14. The third kappa shape index (κ3) is 4.87. The number of rotatable bonds is 7. The van der Waals surface area contributed by atoms with Gasteiger partial charge in [-0.1, -0.05) is 54.1 Å². The molecule has 0 radical (unpaired) electrons. The number of para-hydroxylation sites is 2. The maximum Gasteiger partial charge on any atom is 0.276 e. The highest BCUT2D eigenvalue weighted by Crippen LogP contribution is 2.20. The molecule has 3 aromatic carbocycles. The van der Waals surface area contributed by atoms with Crippen molar-refractivity contribution in [2.45, 2.75) is 18.4 Å². The summed E-state index contributed by atoms with van der Waals surface area (Å²) in [6.07, 6.45) is 3.22. The fourth-order valence-corrected chi connectivity index (χ4v) is 4.11. The van der Waals surface area contributed by atoms with Crippen molar-refractivity contribution >= 4 is 38.7 Å².